The second-order valence-corrected chi connectivity index (χ2v) is 5.34. The second kappa shape index (κ2) is 7.54. The predicted octanol–water partition coefficient (Wildman–Crippen LogP) is 4.42. The molecule has 3 aromatic rings. The summed E-state index contributed by atoms with van der Waals surface area (Å²) in [6.45, 7) is 4.97. The van der Waals surface area contributed by atoms with Gasteiger partial charge in [0, 0.05) is 11.6 Å². The molecule has 0 aliphatic heterocycles. The molecule has 0 amide bonds. The first-order valence-electron chi connectivity index (χ1n) is 8.21. The summed E-state index contributed by atoms with van der Waals surface area (Å²) >= 11 is 0. The zero-order valence-electron chi connectivity index (χ0n) is 14.2. The number of aromatic nitrogens is 2. The molecule has 5 heteroatoms. The van der Waals surface area contributed by atoms with Crippen molar-refractivity contribution < 1.29 is 9.47 Å². The van der Waals surface area contributed by atoms with Crippen LogP contribution < -0.4 is 9.47 Å². The molecule has 3 rings (SSSR count). The fraction of sp³-hybridized carbons (Fsp3) is 0.200. The molecule has 1 N–H and O–H groups in total. The van der Waals surface area contributed by atoms with Gasteiger partial charge in [-0.1, -0.05) is 12.1 Å². The summed E-state index contributed by atoms with van der Waals surface area (Å²) in [5.74, 6) is 1.96. The number of fused-ring (bicyclic) bond motifs is 1. The molecule has 25 heavy (non-hydrogen) atoms. The first kappa shape index (κ1) is 16.6. The summed E-state index contributed by atoms with van der Waals surface area (Å²) in [7, 11) is 0. The summed E-state index contributed by atoms with van der Waals surface area (Å²) < 4.78 is 11.2. The van der Waals surface area contributed by atoms with Gasteiger partial charge in [0.15, 0.2) is 0 Å². The smallest absolute Gasteiger partial charge is 0.149 e. The Labute approximate surface area is 146 Å². The van der Waals surface area contributed by atoms with Crippen LogP contribution in [0.2, 0.25) is 0 Å². The van der Waals surface area contributed by atoms with E-state index >= 15 is 0 Å². The number of para-hydroxylation sites is 2. The van der Waals surface area contributed by atoms with Crippen LogP contribution in [0.1, 0.15) is 25.2 Å². The lowest BCUT2D eigenvalue weighted by Crippen LogP contribution is -1.97. The highest BCUT2D eigenvalue weighted by Gasteiger charge is 2.10. The number of ether oxygens (including phenoxy) is 2. The van der Waals surface area contributed by atoms with E-state index in [2.05, 4.69) is 16.0 Å². The van der Waals surface area contributed by atoms with Crippen LogP contribution in [0.3, 0.4) is 0 Å². The standard InChI is InChI=1S/C20H19N3O2/c1-3-24-16-10-9-14(19(12-16)25-4-2)11-15(13-21)20-22-17-7-5-6-8-18(17)23-20/h5-12H,3-4H2,1-2H3,(H,22,23). The van der Waals surface area contributed by atoms with Crippen LogP contribution in [0, 0.1) is 11.3 Å². The SMILES string of the molecule is CCOc1ccc(C=C(C#N)c2nc3ccccc3[nH]2)c(OCC)c1. The monoisotopic (exact) mass is 333 g/mol. The molecule has 1 aromatic heterocycles. The third-order valence-electron chi connectivity index (χ3n) is 3.66. The van der Waals surface area contributed by atoms with Crippen molar-refractivity contribution in [2.45, 2.75) is 13.8 Å². The molecule has 0 aliphatic rings. The first-order chi connectivity index (χ1) is 12.2. The fourth-order valence-electron chi connectivity index (χ4n) is 2.56. The quantitative estimate of drug-likeness (QED) is 0.678. The second-order valence-electron chi connectivity index (χ2n) is 5.34. The molecule has 0 spiro atoms. The van der Waals surface area contributed by atoms with Gasteiger partial charge in [-0.05, 0) is 44.2 Å². The Bertz CT molecular complexity index is 918. The highest BCUT2D eigenvalue weighted by atomic mass is 16.5. The number of nitriles is 1. The molecular weight excluding hydrogens is 314 g/mol. The van der Waals surface area contributed by atoms with Gasteiger partial charge < -0.3 is 14.5 Å². The zero-order valence-corrected chi connectivity index (χ0v) is 14.2. The Morgan fingerprint density at radius 3 is 2.68 bits per heavy atom. The van der Waals surface area contributed by atoms with Crippen LogP contribution >= 0.6 is 0 Å². The third kappa shape index (κ3) is 3.64. The number of benzene rings is 2. The van der Waals surface area contributed by atoms with Crippen molar-refractivity contribution in [3.63, 3.8) is 0 Å². The van der Waals surface area contributed by atoms with Crippen LogP contribution in [0.25, 0.3) is 22.7 Å². The molecule has 1 heterocycles. The molecule has 2 aromatic carbocycles. The summed E-state index contributed by atoms with van der Waals surface area (Å²) in [6.07, 6.45) is 1.78. The molecule has 0 fully saturated rings. The van der Waals surface area contributed by atoms with E-state index in [0.29, 0.717) is 30.4 Å². The van der Waals surface area contributed by atoms with E-state index in [-0.39, 0.29) is 0 Å². The van der Waals surface area contributed by atoms with Gasteiger partial charge in [0.1, 0.15) is 23.4 Å². The van der Waals surface area contributed by atoms with E-state index in [1.165, 1.54) is 0 Å². The van der Waals surface area contributed by atoms with Crippen molar-refractivity contribution in [3.05, 3.63) is 53.9 Å². The normalized spacial score (nSPS) is 11.3. The van der Waals surface area contributed by atoms with Crippen LogP contribution in [0.4, 0.5) is 0 Å². The number of hydrogen-bond acceptors (Lipinski definition) is 4. The molecular formula is C20H19N3O2. The minimum Gasteiger partial charge on any atom is -0.494 e. The van der Waals surface area contributed by atoms with E-state index in [1.54, 1.807) is 6.08 Å². The molecule has 0 bridgehead atoms. The maximum absolute atomic E-state index is 9.58. The number of rotatable bonds is 6. The lowest BCUT2D eigenvalue weighted by Gasteiger charge is -2.10. The zero-order chi connectivity index (χ0) is 17.6. The molecule has 5 nitrogen and oxygen atoms in total. The number of nitrogens with one attached hydrogen (secondary N) is 1. The number of hydrogen-bond donors (Lipinski definition) is 1. The Balaban J connectivity index is 2.03. The first-order valence-corrected chi connectivity index (χ1v) is 8.21. The third-order valence-corrected chi connectivity index (χ3v) is 3.66. The van der Waals surface area contributed by atoms with E-state index in [9.17, 15) is 5.26 Å². The molecule has 126 valence electrons. The minimum absolute atomic E-state index is 0.446. The molecule has 0 aliphatic carbocycles. The number of imidazole rings is 1. The van der Waals surface area contributed by atoms with Crippen molar-refractivity contribution in [2.75, 3.05) is 13.2 Å². The maximum atomic E-state index is 9.58. The number of allylic oxidation sites excluding steroid dienone is 1. The molecule has 0 unspecified atom stereocenters. The van der Waals surface area contributed by atoms with Gasteiger partial charge in [-0.15, -0.1) is 0 Å². The highest BCUT2D eigenvalue weighted by molar-refractivity contribution is 5.91. The fourth-order valence-corrected chi connectivity index (χ4v) is 2.56. The number of H-pyrrole nitrogens is 1. The summed E-state index contributed by atoms with van der Waals surface area (Å²) in [6, 6.07) is 15.5. The lowest BCUT2D eigenvalue weighted by atomic mass is 10.1. The van der Waals surface area contributed by atoms with Crippen molar-refractivity contribution in [1.82, 2.24) is 9.97 Å². The van der Waals surface area contributed by atoms with E-state index in [4.69, 9.17) is 9.47 Å². The lowest BCUT2D eigenvalue weighted by molar-refractivity contribution is 0.322. The summed E-state index contributed by atoms with van der Waals surface area (Å²) in [4.78, 5) is 7.67. The van der Waals surface area contributed by atoms with Gasteiger partial charge in [-0.2, -0.15) is 5.26 Å². The van der Waals surface area contributed by atoms with E-state index in [0.717, 1.165) is 22.3 Å². The van der Waals surface area contributed by atoms with Crippen LogP contribution in [-0.2, 0) is 0 Å². The highest BCUT2D eigenvalue weighted by Crippen LogP contribution is 2.29. The van der Waals surface area contributed by atoms with Crippen molar-refractivity contribution in [1.29, 1.82) is 5.26 Å². The Morgan fingerprint density at radius 1 is 1.16 bits per heavy atom. The van der Waals surface area contributed by atoms with Crippen LogP contribution in [-0.4, -0.2) is 23.2 Å². The minimum atomic E-state index is 0.446. The van der Waals surface area contributed by atoms with Crippen molar-refractivity contribution >= 4 is 22.7 Å². The van der Waals surface area contributed by atoms with E-state index in [1.807, 2.05) is 56.3 Å². The predicted molar refractivity (Wildman–Crippen MR) is 98.4 cm³/mol. The Morgan fingerprint density at radius 2 is 1.96 bits per heavy atom. The van der Waals surface area contributed by atoms with Gasteiger partial charge >= 0.3 is 0 Å². The van der Waals surface area contributed by atoms with Gasteiger partial charge in [0.25, 0.3) is 0 Å². The van der Waals surface area contributed by atoms with E-state index < -0.39 is 0 Å². The van der Waals surface area contributed by atoms with Gasteiger partial charge in [0.05, 0.1) is 29.8 Å². The molecule has 0 saturated heterocycles. The average Bonchev–Trinajstić information content (AvgIpc) is 3.05. The molecule has 0 atom stereocenters. The molecule has 0 saturated carbocycles. The number of aromatic amines is 1. The average molecular weight is 333 g/mol. The number of nitrogens with zero attached hydrogens (tertiary/aromatic N) is 2. The molecule has 0 radical (unpaired) electrons. The largest absolute Gasteiger partial charge is 0.494 e. The van der Waals surface area contributed by atoms with Crippen molar-refractivity contribution in [3.8, 4) is 17.6 Å². The summed E-state index contributed by atoms with van der Waals surface area (Å²) in [5.41, 5.74) is 2.98. The topological polar surface area (TPSA) is 70.9 Å². The van der Waals surface area contributed by atoms with Gasteiger partial charge in [0.2, 0.25) is 0 Å². The Kier molecular flexibility index (Phi) is 5.00. The van der Waals surface area contributed by atoms with Gasteiger partial charge in [-0.3, -0.25) is 0 Å². The maximum Gasteiger partial charge on any atom is 0.149 e. The summed E-state index contributed by atoms with van der Waals surface area (Å²) in [5, 5.41) is 9.58. The van der Waals surface area contributed by atoms with Crippen LogP contribution in [0.5, 0.6) is 11.5 Å². The van der Waals surface area contributed by atoms with Gasteiger partial charge in [-0.25, -0.2) is 4.98 Å². The van der Waals surface area contributed by atoms with Crippen molar-refractivity contribution in [2.24, 2.45) is 0 Å². The Hall–Kier alpha value is -3.26. The van der Waals surface area contributed by atoms with Crippen LogP contribution in [0.15, 0.2) is 42.5 Å².